The minimum atomic E-state index is -0.296. The third-order valence-corrected chi connectivity index (χ3v) is 10.1. The van der Waals surface area contributed by atoms with Gasteiger partial charge in [0.15, 0.2) is 0 Å². The average Bonchev–Trinajstić information content (AvgIpc) is 3.13. The summed E-state index contributed by atoms with van der Waals surface area (Å²) in [5.41, 5.74) is 5.15. The van der Waals surface area contributed by atoms with E-state index in [1.165, 1.54) is 114 Å². The quantitative estimate of drug-likeness (QED) is 0.0461. The summed E-state index contributed by atoms with van der Waals surface area (Å²) in [6.07, 6.45) is 26.0. The van der Waals surface area contributed by atoms with Crippen molar-refractivity contribution in [2.24, 2.45) is 0 Å². The highest BCUT2D eigenvalue weighted by molar-refractivity contribution is 5.91. The standard InChI is InChI=1S/C46H68O3/c1-5-8-10-12-14-16-17-19-21-26-42(25-7-3)44-27-22-23-28-45(44)49-46(47)43-35-33-41(34-36-43)40-31-29-39(30-32-40)38(4)48-37-24-20-18-15-13-11-9-6-2/h22-23,27-36,38,42H,5-21,24-26,37H2,1-4H3. The van der Waals surface area contributed by atoms with Crippen molar-refractivity contribution in [3.63, 3.8) is 0 Å². The number of esters is 1. The fraction of sp³-hybridized carbons (Fsp3) is 0.587. The lowest BCUT2D eigenvalue weighted by molar-refractivity contribution is 0.0627. The summed E-state index contributed by atoms with van der Waals surface area (Å²) in [7, 11) is 0. The molecule has 2 atom stereocenters. The molecule has 3 aromatic carbocycles. The molecule has 3 rings (SSSR count). The maximum atomic E-state index is 13.3. The lowest BCUT2D eigenvalue weighted by Crippen LogP contribution is -2.11. The van der Waals surface area contributed by atoms with Gasteiger partial charge in [0.2, 0.25) is 0 Å². The van der Waals surface area contributed by atoms with E-state index < -0.39 is 0 Å². The van der Waals surface area contributed by atoms with Crippen LogP contribution in [-0.4, -0.2) is 12.6 Å². The van der Waals surface area contributed by atoms with E-state index in [9.17, 15) is 4.79 Å². The molecule has 0 bridgehead atoms. The van der Waals surface area contributed by atoms with Gasteiger partial charge in [0.1, 0.15) is 5.75 Å². The second-order valence-electron chi connectivity index (χ2n) is 14.2. The van der Waals surface area contributed by atoms with E-state index in [1.54, 1.807) is 0 Å². The van der Waals surface area contributed by atoms with Crippen LogP contribution in [0.25, 0.3) is 11.1 Å². The molecular formula is C46H68O3. The molecule has 0 heterocycles. The first-order valence-corrected chi connectivity index (χ1v) is 20.2. The molecule has 0 N–H and O–H groups in total. The molecule has 0 aliphatic carbocycles. The van der Waals surface area contributed by atoms with Crippen molar-refractivity contribution in [1.82, 2.24) is 0 Å². The van der Waals surface area contributed by atoms with Gasteiger partial charge in [0, 0.05) is 6.61 Å². The number of rotatable bonds is 27. The zero-order chi connectivity index (χ0) is 34.9. The third-order valence-electron chi connectivity index (χ3n) is 10.1. The summed E-state index contributed by atoms with van der Waals surface area (Å²) in [6, 6.07) is 24.6. The Labute approximate surface area is 300 Å². The first kappa shape index (κ1) is 40.5. The second kappa shape index (κ2) is 25.1. The van der Waals surface area contributed by atoms with E-state index in [0.29, 0.717) is 17.2 Å². The molecule has 0 saturated heterocycles. The van der Waals surface area contributed by atoms with E-state index in [-0.39, 0.29) is 12.1 Å². The summed E-state index contributed by atoms with van der Waals surface area (Å²) in [6.45, 7) is 9.75. The molecule has 49 heavy (non-hydrogen) atoms. The molecule has 0 radical (unpaired) electrons. The molecular weight excluding hydrogens is 601 g/mol. The maximum absolute atomic E-state index is 13.3. The molecule has 2 unspecified atom stereocenters. The Morgan fingerprint density at radius 1 is 0.551 bits per heavy atom. The number of carbonyl (C=O) groups excluding carboxylic acids is 1. The van der Waals surface area contributed by atoms with Gasteiger partial charge in [-0.2, -0.15) is 0 Å². The van der Waals surface area contributed by atoms with E-state index in [4.69, 9.17) is 9.47 Å². The topological polar surface area (TPSA) is 35.5 Å². The van der Waals surface area contributed by atoms with Crippen LogP contribution in [0.15, 0.2) is 72.8 Å². The van der Waals surface area contributed by atoms with Crippen molar-refractivity contribution in [3.05, 3.63) is 89.5 Å². The van der Waals surface area contributed by atoms with Gasteiger partial charge in [0.05, 0.1) is 11.7 Å². The molecule has 3 nitrogen and oxygen atoms in total. The SMILES string of the molecule is CCCCCCCCCCCC(CCC)c1ccccc1OC(=O)c1ccc(-c2ccc(C(C)OCCCCCCCCCC)cc2)cc1. The Morgan fingerprint density at radius 2 is 1.06 bits per heavy atom. The van der Waals surface area contributed by atoms with Gasteiger partial charge in [-0.25, -0.2) is 4.79 Å². The van der Waals surface area contributed by atoms with E-state index in [1.807, 2.05) is 36.4 Å². The predicted octanol–water partition coefficient (Wildman–Crippen LogP) is 14.6. The number of unbranched alkanes of at least 4 members (excludes halogenated alkanes) is 15. The Morgan fingerprint density at radius 3 is 1.63 bits per heavy atom. The Hall–Kier alpha value is -2.91. The summed E-state index contributed by atoms with van der Waals surface area (Å²) < 4.78 is 12.2. The van der Waals surface area contributed by atoms with Gasteiger partial charge in [-0.3, -0.25) is 0 Å². The fourth-order valence-electron chi connectivity index (χ4n) is 6.91. The monoisotopic (exact) mass is 669 g/mol. The third kappa shape index (κ3) is 15.7. The maximum Gasteiger partial charge on any atom is 0.343 e. The van der Waals surface area contributed by atoms with Crippen LogP contribution in [0.4, 0.5) is 0 Å². The van der Waals surface area contributed by atoms with Crippen molar-refractivity contribution in [1.29, 1.82) is 0 Å². The Bertz CT molecular complexity index is 1260. The van der Waals surface area contributed by atoms with Crippen LogP contribution in [0, 0.1) is 0 Å². The minimum absolute atomic E-state index is 0.0839. The van der Waals surface area contributed by atoms with E-state index in [0.717, 1.165) is 43.4 Å². The van der Waals surface area contributed by atoms with Crippen LogP contribution < -0.4 is 4.74 Å². The zero-order valence-electron chi connectivity index (χ0n) is 31.7. The zero-order valence-corrected chi connectivity index (χ0v) is 31.7. The molecule has 0 spiro atoms. The minimum Gasteiger partial charge on any atom is -0.423 e. The van der Waals surface area contributed by atoms with Gasteiger partial charge >= 0.3 is 5.97 Å². The number of hydrogen-bond acceptors (Lipinski definition) is 3. The first-order valence-electron chi connectivity index (χ1n) is 20.2. The molecule has 0 aliphatic rings. The van der Waals surface area contributed by atoms with E-state index >= 15 is 0 Å². The lowest BCUT2D eigenvalue weighted by atomic mass is 9.88. The smallest absolute Gasteiger partial charge is 0.343 e. The molecule has 0 saturated carbocycles. The second-order valence-corrected chi connectivity index (χ2v) is 14.2. The molecule has 270 valence electrons. The van der Waals surface area contributed by atoms with Crippen LogP contribution in [0.3, 0.4) is 0 Å². The average molecular weight is 669 g/mol. The molecule has 0 aliphatic heterocycles. The van der Waals surface area contributed by atoms with Crippen LogP contribution in [0.5, 0.6) is 5.75 Å². The van der Waals surface area contributed by atoms with Crippen molar-refractivity contribution in [3.8, 4) is 16.9 Å². The van der Waals surface area contributed by atoms with Gasteiger partial charge in [-0.1, -0.05) is 185 Å². The van der Waals surface area contributed by atoms with Gasteiger partial charge in [-0.15, -0.1) is 0 Å². The van der Waals surface area contributed by atoms with E-state index in [2.05, 4.69) is 64.1 Å². The highest BCUT2D eigenvalue weighted by Gasteiger charge is 2.18. The van der Waals surface area contributed by atoms with Crippen molar-refractivity contribution in [2.45, 2.75) is 168 Å². The number of carbonyl (C=O) groups is 1. The Balaban J connectivity index is 1.47. The van der Waals surface area contributed by atoms with Crippen LogP contribution in [0.1, 0.15) is 190 Å². The fourth-order valence-corrected chi connectivity index (χ4v) is 6.91. The van der Waals surface area contributed by atoms with Gasteiger partial charge in [-0.05, 0) is 72.6 Å². The van der Waals surface area contributed by atoms with Crippen LogP contribution in [-0.2, 0) is 4.74 Å². The largest absolute Gasteiger partial charge is 0.423 e. The van der Waals surface area contributed by atoms with Gasteiger partial charge in [0.25, 0.3) is 0 Å². The molecule has 0 fully saturated rings. The number of para-hydroxylation sites is 1. The number of ether oxygens (including phenoxy) is 2. The normalized spacial score (nSPS) is 12.6. The lowest BCUT2D eigenvalue weighted by Gasteiger charge is -2.20. The summed E-state index contributed by atoms with van der Waals surface area (Å²) in [5.74, 6) is 0.831. The van der Waals surface area contributed by atoms with Crippen molar-refractivity contribution >= 4 is 5.97 Å². The Kier molecular flexibility index (Phi) is 20.8. The van der Waals surface area contributed by atoms with Gasteiger partial charge < -0.3 is 9.47 Å². The van der Waals surface area contributed by atoms with Crippen molar-refractivity contribution < 1.29 is 14.3 Å². The van der Waals surface area contributed by atoms with Crippen molar-refractivity contribution in [2.75, 3.05) is 6.61 Å². The van der Waals surface area contributed by atoms with Crippen LogP contribution in [0.2, 0.25) is 0 Å². The summed E-state index contributed by atoms with van der Waals surface area (Å²) in [5, 5.41) is 0. The summed E-state index contributed by atoms with van der Waals surface area (Å²) >= 11 is 0. The van der Waals surface area contributed by atoms with Crippen LogP contribution >= 0.6 is 0 Å². The highest BCUT2D eigenvalue weighted by Crippen LogP contribution is 2.34. The molecule has 0 aromatic heterocycles. The molecule has 0 amide bonds. The molecule has 3 aromatic rings. The first-order chi connectivity index (χ1) is 24.1. The number of benzene rings is 3. The highest BCUT2D eigenvalue weighted by atomic mass is 16.5. The predicted molar refractivity (Wildman–Crippen MR) is 210 cm³/mol. The summed E-state index contributed by atoms with van der Waals surface area (Å²) in [4.78, 5) is 13.3. The number of hydrogen-bond donors (Lipinski definition) is 0. The molecule has 3 heteroatoms.